The Labute approximate surface area is 143 Å². The molecule has 3 aliphatic heterocycles. The van der Waals surface area contributed by atoms with Crippen LogP contribution in [0, 0.1) is 23.2 Å². The first-order chi connectivity index (χ1) is 11.2. The molecule has 1 aromatic carbocycles. The van der Waals surface area contributed by atoms with Crippen LogP contribution in [0.1, 0.15) is 31.7 Å². The molecule has 3 fully saturated rings. The Morgan fingerprint density at radius 1 is 1.39 bits per heavy atom. The Kier molecular flexibility index (Phi) is 5.14. The molecule has 1 unspecified atom stereocenters. The maximum absolute atomic E-state index is 8.82. The lowest BCUT2D eigenvalue weighted by Crippen LogP contribution is -3.20. The van der Waals surface area contributed by atoms with Gasteiger partial charge >= 0.3 is 0 Å². The molecule has 3 N–H and O–H groups in total. The Hall–Kier alpha value is -1.64. The van der Waals surface area contributed by atoms with E-state index in [9.17, 15) is 0 Å². The molecule has 3 aliphatic rings. The predicted molar refractivity (Wildman–Crippen MR) is 96.4 cm³/mol. The van der Waals surface area contributed by atoms with Crippen molar-refractivity contribution in [3.63, 3.8) is 0 Å². The number of quaternary nitrogens is 1. The van der Waals surface area contributed by atoms with E-state index in [0.717, 1.165) is 24.1 Å². The van der Waals surface area contributed by atoms with Gasteiger partial charge in [-0.25, -0.2) is 0 Å². The molecule has 4 nitrogen and oxygen atoms in total. The lowest BCUT2D eigenvalue weighted by molar-refractivity contribution is -0.945. The van der Waals surface area contributed by atoms with Crippen molar-refractivity contribution >= 4 is 23.0 Å². The molecule has 4 rings (SSSR count). The van der Waals surface area contributed by atoms with Gasteiger partial charge in [-0.15, -0.1) is 0 Å². The first kappa shape index (κ1) is 16.2. The summed E-state index contributed by atoms with van der Waals surface area (Å²) in [6.07, 6.45) is 4.06. The average Bonchev–Trinajstić information content (AvgIpc) is 2.61. The molecule has 3 heterocycles. The second-order valence-electron chi connectivity index (χ2n) is 6.79. The number of nitrogens with one attached hydrogen (secondary N) is 3. The van der Waals surface area contributed by atoms with Crippen LogP contribution >= 0.6 is 12.2 Å². The zero-order valence-electron chi connectivity index (χ0n) is 13.6. The number of hydrogen-bond acceptors (Lipinski definition) is 2. The second-order valence-corrected chi connectivity index (χ2v) is 7.19. The van der Waals surface area contributed by atoms with Gasteiger partial charge in [0.2, 0.25) is 0 Å². The minimum Gasteiger partial charge on any atom is -0.356 e. The molecule has 23 heavy (non-hydrogen) atoms. The Morgan fingerprint density at radius 2 is 2.17 bits per heavy atom. The molecule has 0 aliphatic carbocycles. The third kappa shape index (κ3) is 3.82. The van der Waals surface area contributed by atoms with Gasteiger partial charge in [-0.2, -0.15) is 5.26 Å². The number of nitriles is 1. The van der Waals surface area contributed by atoms with Crippen molar-refractivity contribution in [1.29, 1.82) is 5.26 Å². The zero-order valence-corrected chi connectivity index (χ0v) is 14.5. The number of fused-ring (bicyclic) bond motifs is 3. The van der Waals surface area contributed by atoms with Crippen molar-refractivity contribution in [3.05, 3.63) is 29.8 Å². The van der Waals surface area contributed by atoms with Crippen LogP contribution in [0.5, 0.6) is 0 Å². The highest BCUT2D eigenvalue weighted by molar-refractivity contribution is 7.80. The van der Waals surface area contributed by atoms with Gasteiger partial charge in [-0.1, -0.05) is 6.92 Å². The summed E-state index contributed by atoms with van der Waals surface area (Å²) in [5.41, 5.74) is 1.58. The molecule has 0 spiro atoms. The van der Waals surface area contributed by atoms with Crippen molar-refractivity contribution in [1.82, 2.24) is 5.32 Å². The van der Waals surface area contributed by atoms with E-state index in [1.54, 1.807) is 17.0 Å². The number of thiocarbonyl (C=S) groups is 1. The van der Waals surface area contributed by atoms with Gasteiger partial charge in [0.05, 0.1) is 31.3 Å². The first-order valence-corrected chi connectivity index (χ1v) is 9.00. The summed E-state index contributed by atoms with van der Waals surface area (Å²) in [4.78, 5) is 1.76. The van der Waals surface area contributed by atoms with Gasteiger partial charge in [-0.05, 0) is 48.8 Å². The van der Waals surface area contributed by atoms with Crippen molar-refractivity contribution in [3.8, 4) is 6.07 Å². The van der Waals surface area contributed by atoms with E-state index in [1.165, 1.54) is 32.4 Å². The van der Waals surface area contributed by atoms with Crippen LogP contribution in [-0.2, 0) is 0 Å². The van der Waals surface area contributed by atoms with Crippen LogP contribution in [0.4, 0.5) is 5.69 Å². The van der Waals surface area contributed by atoms with Crippen LogP contribution in [-0.4, -0.2) is 30.8 Å². The number of hydrogen-bond donors (Lipinski definition) is 3. The Bertz CT molecular complexity index is 592. The van der Waals surface area contributed by atoms with E-state index in [2.05, 4.69) is 23.6 Å². The quantitative estimate of drug-likeness (QED) is 0.734. The largest absolute Gasteiger partial charge is 0.356 e. The standard InChI is InChI=1S/C18H24N4S/c1-2-14-12-22-8-7-15(14)9-17(22)11-20-18(23)21-16-5-3-13(10-19)4-6-16/h3-6,14-15,17H,2,7-9,11-12H2,1H3,(H2,20,21,23)/p+1/t14-,15-,17+/m0/s1. The van der Waals surface area contributed by atoms with Gasteiger partial charge in [0.1, 0.15) is 6.04 Å². The molecule has 0 saturated carbocycles. The molecule has 3 saturated heterocycles. The van der Waals surface area contributed by atoms with Gasteiger partial charge in [0.25, 0.3) is 0 Å². The van der Waals surface area contributed by atoms with Crippen LogP contribution < -0.4 is 15.5 Å². The summed E-state index contributed by atoms with van der Waals surface area (Å²) in [7, 11) is 0. The molecular weight excluding hydrogens is 304 g/mol. The van der Waals surface area contributed by atoms with E-state index < -0.39 is 0 Å². The van der Waals surface area contributed by atoms with Crippen LogP contribution in [0.25, 0.3) is 0 Å². The first-order valence-electron chi connectivity index (χ1n) is 8.59. The molecular formula is C18H25N4S+. The SMILES string of the molecule is CC[C@H]1C[NH+]2CC[C@H]1C[C@@H]2CNC(=S)Nc1ccc(C#N)cc1. The lowest BCUT2D eigenvalue weighted by atomic mass is 9.74. The number of piperidine rings is 3. The highest BCUT2D eigenvalue weighted by Crippen LogP contribution is 2.28. The van der Waals surface area contributed by atoms with Crippen molar-refractivity contribution in [2.75, 3.05) is 25.0 Å². The highest BCUT2D eigenvalue weighted by Gasteiger charge is 2.42. The zero-order chi connectivity index (χ0) is 16.2. The summed E-state index contributed by atoms with van der Waals surface area (Å²) in [5.74, 6) is 1.85. The minimum atomic E-state index is 0.662. The van der Waals surface area contributed by atoms with Crippen molar-refractivity contribution in [2.24, 2.45) is 11.8 Å². The summed E-state index contributed by atoms with van der Waals surface area (Å²) in [6.45, 7) is 5.94. The van der Waals surface area contributed by atoms with Gasteiger partial charge in [-0.3, -0.25) is 0 Å². The van der Waals surface area contributed by atoms with E-state index in [1.807, 2.05) is 12.1 Å². The monoisotopic (exact) mass is 329 g/mol. The number of anilines is 1. The van der Waals surface area contributed by atoms with Gasteiger partial charge < -0.3 is 15.5 Å². The van der Waals surface area contributed by atoms with Crippen LogP contribution in [0.3, 0.4) is 0 Å². The minimum absolute atomic E-state index is 0.662. The van der Waals surface area contributed by atoms with E-state index in [4.69, 9.17) is 17.5 Å². The van der Waals surface area contributed by atoms with E-state index in [0.29, 0.717) is 16.7 Å². The fourth-order valence-electron chi connectivity index (χ4n) is 4.15. The van der Waals surface area contributed by atoms with Crippen molar-refractivity contribution in [2.45, 2.75) is 32.2 Å². The summed E-state index contributed by atoms with van der Waals surface area (Å²) in [6, 6.07) is 10.2. The number of rotatable bonds is 4. The van der Waals surface area contributed by atoms with Gasteiger partial charge in [0, 0.05) is 24.4 Å². The molecule has 1 aromatic rings. The maximum Gasteiger partial charge on any atom is 0.170 e. The molecule has 122 valence electrons. The second kappa shape index (κ2) is 7.29. The lowest BCUT2D eigenvalue weighted by Gasteiger charge is -2.46. The number of nitrogens with zero attached hydrogens (tertiary/aromatic N) is 1. The predicted octanol–water partition coefficient (Wildman–Crippen LogP) is 1.55. The third-order valence-electron chi connectivity index (χ3n) is 5.50. The Balaban J connectivity index is 1.47. The number of benzene rings is 1. The third-order valence-corrected chi connectivity index (χ3v) is 5.74. The molecule has 4 atom stereocenters. The van der Waals surface area contributed by atoms with Gasteiger partial charge in [0.15, 0.2) is 5.11 Å². The van der Waals surface area contributed by atoms with Crippen molar-refractivity contribution < 1.29 is 4.90 Å². The topological polar surface area (TPSA) is 52.3 Å². The highest BCUT2D eigenvalue weighted by atomic mass is 32.1. The fraction of sp³-hybridized carbons (Fsp3) is 0.556. The summed E-state index contributed by atoms with van der Waals surface area (Å²) >= 11 is 5.40. The molecule has 0 amide bonds. The maximum atomic E-state index is 8.82. The van der Waals surface area contributed by atoms with Crippen LogP contribution in [0.15, 0.2) is 24.3 Å². The molecule has 5 heteroatoms. The fourth-order valence-corrected chi connectivity index (χ4v) is 4.35. The average molecular weight is 329 g/mol. The van der Waals surface area contributed by atoms with E-state index >= 15 is 0 Å². The smallest absolute Gasteiger partial charge is 0.170 e. The van der Waals surface area contributed by atoms with Crippen LogP contribution in [0.2, 0.25) is 0 Å². The normalized spacial score (nSPS) is 28.9. The molecule has 0 aromatic heterocycles. The van der Waals surface area contributed by atoms with E-state index in [-0.39, 0.29) is 0 Å². The molecule has 2 bridgehead atoms. The summed E-state index contributed by atoms with van der Waals surface area (Å²) in [5, 5.41) is 16.1. The molecule has 0 radical (unpaired) electrons. The summed E-state index contributed by atoms with van der Waals surface area (Å²) < 4.78 is 0. The Morgan fingerprint density at radius 3 is 2.78 bits per heavy atom.